The first-order chi connectivity index (χ1) is 17.1. The summed E-state index contributed by atoms with van der Waals surface area (Å²) in [5, 5.41) is 4.26. The number of amides is 1. The number of hydrogen-bond acceptors (Lipinski definition) is 4. The molecule has 4 nitrogen and oxygen atoms in total. The van der Waals surface area contributed by atoms with Gasteiger partial charge in [0, 0.05) is 17.4 Å². The van der Waals surface area contributed by atoms with Crippen molar-refractivity contribution in [3.05, 3.63) is 81.7 Å². The molecule has 1 aliphatic carbocycles. The number of nitrogens with zero attached hydrogens (tertiary/aromatic N) is 1. The van der Waals surface area contributed by atoms with Gasteiger partial charge in [0.25, 0.3) is 0 Å². The van der Waals surface area contributed by atoms with Crippen LogP contribution < -0.4 is 10.1 Å². The summed E-state index contributed by atoms with van der Waals surface area (Å²) in [5.41, 5.74) is 5.50. The van der Waals surface area contributed by atoms with E-state index in [-0.39, 0.29) is 11.9 Å². The van der Waals surface area contributed by atoms with Crippen LogP contribution in [0.1, 0.15) is 65.8 Å². The minimum Gasteiger partial charge on any atom is -0.497 e. The van der Waals surface area contributed by atoms with E-state index in [1.54, 1.807) is 25.4 Å². The minimum atomic E-state index is 0.0100. The number of carbonyl (C=O) groups excluding carboxylic acids is 1. The molecular weight excluding hydrogens is 452 g/mol. The zero-order valence-electron chi connectivity index (χ0n) is 20.9. The third kappa shape index (κ3) is 5.46. The Morgan fingerprint density at radius 2 is 1.86 bits per heavy atom. The third-order valence-electron chi connectivity index (χ3n) is 7.57. The summed E-state index contributed by atoms with van der Waals surface area (Å²) in [5.74, 6) is 1.61. The van der Waals surface area contributed by atoms with Gasteiger partial charge in [-0.15, -0.1) is 11.3 Å². The summed E-state index contributed by atoms with van der Waals surface area (Å²) >= 11 is 1.80. The molecule has 1 N–H and O–H groups in total. The highest BCUT2D eigenvalue weighted by atomic mass is 32.1. The molecular formula is C30H36N2O2S. The van der Waals surface area contributed by atoms with Crippen molar-refractivity contribution in [3.63, 3.8) is 0 Å². The number of fused-ring (bicyclic) bond motifs is 1. The lowest BCUT2D eigenvalue weighted by Gasteiger charge is -2.39. The molecule has 3 aromatic rings. The number of piperidine rings is 1. The molecule has 0 bridgehead atoms. The Morgan fingerprint density at radius 3 is 2.60 bits per heavy atom. The molecule has 1 aliphatic heterocycles. The maximum atomic E-state index is 12.2. The number of ether oxygens (including phenoxy) is 1. The standard InChI is InChI=1S/C30H36N2O2S/c1-21(33)31-30-28(26-13-6-7-14-27(26)35-30)29(24-11-8-12-25(20-24)34-2)32-17-15-23(16-18-32)19-22-9-4-3-5-10-22/h3-5,8-12,20,23,29H,6-7,13-19H2,1-2H3,(H,31,33). The van der Waals surface area contributed by atoms with Gasteiger partial charge in [0.2, 0.25) is 5.91 Å². The van der Waals surface area contributed by atoms with E-state index in [4.69, 9.17) is 4.74 Å². The van der Waals surface area contributed by atoms with Crippen molar-refractivity contribution in [1.82, 2.24) is 4.90 Å². The first-order valence-corrected chi connectivity index (χ1v) is 13.8. The van der Waals surface area contributed by atoms with Crippen LogP contribution in [0, 0.1) is 5.92 Å². The number of thiophene rings is 1. The maximum Gasteiger partial charge on any atom is 0.221 e. The molecule has 1 aromatic heterocycles. The second-order valence-corrected chi connectivity index (χ2v) is 11.1. The van der Waals surface area contributed by atoms with Gasteiger partial charge >= 0.3 is 0 Å². The fraction of sp³-hybridized carbons (Fsp3) is 0.433. The first kappa shape index (κ1) is 24.1. The van der Waals surface area contributed by atoms with Crippen molar-refractivity contribution in [2.45, 2.75) is 57.9 Å². The molecule has 1 amide bonds. The Labute approximate surface area is 213 Å². The fourth-order valence-electron chi connectivity index (χ4n) is 5.87. The molecule has 2 aromatic carbocycles. The molecule has 0 spiro atoms. The van der Waals surface area contributed by atoms with Crippen molar-refractivity contribution in [2.24, 2.45) is 5.92 Å². The van der Waals surface area contributed by atoms with Gasteiger partial charge < -0.3 is 10.1 Å². The third-order valence-corrected chi connectivity index (χ3v) is 8.79. The van der Waals surface area contributed by atoms with Crippen LogP contribution >= 0.6 is 11.3 Å². The monoisotopic (exact) mass is 488 g/mol. The van der Waals surface area contributed by atoms with E-state index in [2.05, 4.69) is 58.7 Å². The molecule has 35 heavy (non-hydrogen) atoms. The molecule has 1 saturated heterocycles. The van der Waals surface area contributed by atoms with Gasteiger partial charge in [-0.25, -0.2) is 0 Å². The smallest absolute Gasteiger partial charge is 0.221 e. The van der Waals surface area contributed by atoms with Gasteiger partial charge in [0.05, 0.1) is 13.2 Å². The number of hydrogen-bond donors (Lipinski definition) is 1. The highest BCUT2D eigenvalue weighted by Gasteiger charge is 2.34. The average Bonchev–Trinajstić information content (AvgIpc) is 3.23. The van der Waals surface area contributed by atoms with Crippen molar-refractivity contribution in [1.29, 1.82) is 0 Å². The molecule has 5 rings (SSSR count). The number of rotatable bonds is 7. The Bertz CT molecular complexity index is 1150. The zero-order chi connectivity index (χ0) is 24.2. The Balaban J connectivity index is 1.48. The average molecular weight is 489 g/mol. The van der Waals surface area contributed by atoms with Gasteiger partial charge in [-0.1, -0.05) is 42.5 Å². The van der Waals surface area contributed by atoms with E-state index in [0.29, 0.717) is 5.92 Å². The fourth-order valence-corrected chi connectivity index (χ4v) is 7.23. The second kappa shape index (κ2) is 11.0. The van der Waals surface area contributed by atoms with Crippen LogP contribution in [0.25, 0.3) is 0 Å². The Kier molecular flexibility index (Phi) is 7.54. The van der Waals surface area contributed by atoms with E-state index in [1.807, 2.05) is 6.07 Å². The highest BCUT2D eigenvalue weighted by Crippen LogP contribution is 2.46. The van der Waals surface area contributed by atoms with Gasteiger partial charge in [-0.05, 0) is 92.8 Å². The summed E-state index contributed by atoms with van der Waals surface area (Å²) in [6.45, 7) is 3.74. The number of likely N-dealkylation sites (tertiary alicyclic amines) is 1. The number of carbonyl (C=O) groups is 1. The van der Waals surface area contributed by atoms with E-state index in [9.17, 15) is 4.79 Å². The summed E-state index contributed by atoms with van der Waals surface area (Å²) in [6.07, 6.45) is 8.22. The Hall–Kier alpha value is -2.63. The SMILES string of the molecule is COc1cccc(C(c2c(NC(C)=O)sc3c2CCCC3)N2CCC(Cc3ccccc3)CC2)c1. The highest BCUT2D eigenvalue weighted by molar-refractivity contribution is 7.16. The predicted octanol–water partition coefficient (Wildman–Crippen LogP) is 6.64. The van der Waals surface area contributed by atoms with E-state index in [0.717, 1.165) is 43.1 Å². The number of nitrogens with one attached hydrogen (secondary N) is 1. The van der Waals surface area contributed by atoms with Crippen molar-refractivity contribution in [3.8, 4) is 5.75 Å². The van der Waals surface area contributed by atoms with Crippen molar-refractivity contribution in [2.75, 3.05) is 25.5 Å². The van der Waals surface area contributed by atoms with E-state index >= 15 is 0 Å². The number of methoxy groups -OCH3 is 1. The normalized spacial score (nSPS) is 17.5. The van der Waals surface area contributed by atoms with Crippen molar-refractivity contribution >= 4 is 22.2 Å². The maximum absolute atomic E-state index is 12.2. The molecule has 184 valence electrons. The summed E-state index contributed by atoms with van der Waals surface area (Å²) in [7, 11) is 1.73. The molecule has 1 atom stereocenters. The zero-order valence-corrected chi connectivity index (χ0v) is 21.7. The quantitative estimate of drug-likeness (QED) is 0.405. The molecule has 0 radical (unpaired) electrons. The molecule has 1 unspecified atom stereocenters. The summed E-state index contributed by atoms with van der Waals surface area (Å²) in [6, 6.07) is 19.6. The van der Waals surface area contributed by atoms with Crippen LogP contribution in [-0.2, 0) is 24.1 Å². The lowest BCUT2D eigenvalue weighted by atomic mass is 9.85. The molecule has 5 heteroatoms. The van der Waals surface area contributed by atoms with Crippen LogP contribution in [0.15, 0.2) is 54.6 Å². The molecule has 0 saturated carbocycles. The van der Waals surface area contributed by atoms with Gasteiger partial charge in [0.1, 0.15) is 10.8 Å². The van der Waals surface area contributed by atoms with Crippen LogP contribution in [0.5, 0.6) is 5.75 Å². The largest absolute Gasteiger partial charge is 0.497 e. The number of anilines is 1. The van der Waals surface area contributed by atoms with Gasteiger partial charge in [-0.2, -0.15) is 0 Å². The van der Waals surface area contributed by atoms with E-state index < -0.39 is 0 Å². The van der Waals surface area contributed by atoms with Crippen LogP contribution in [-0.4, -0.2) is 31.0 Å². The van der Waals surface area contributed by atoms with Gasteiger partial charge in [0.15, 0.2) is 0 Å². The number of benzene rings is 2. The number of aryl methyl sites for hydroxylation is 1. The first-order valence-electron chi connectivity index (χ1n) is 13.0. The van der Waals surface area contributed by atoms with Gasteiger partial charge in [-0.3, -0.25) is 9.69 Å². The van der Waals surface area contributed by atoms with Crippen LogP contribution in [0.4, 0.5) is 5.00 Å². The topological polar surface area (TPSA) is 41.6 Å². The lowest BCUT2D eigenvalue weighted by molar-refractivity contribution is -0.114. The molecule has 2 heterocycles. The molecule has 2 aliphatic rings. The van der Waals surface area contributed by atoms with E-state index in [1.165, 1.54) is 52.8 Å². The summed E-state index contributed by atoms with van der Waals surface area (Å²) < 4.78 is 5.61. The van der Waals surface area contributed by atoms with Crippen LogP contribution in [0.3, 0.4) is 0 Å². The minimum absolute atomic E-state index is 0.0100. The lowest BCUT2D eigenvalue weighted by Crippen LogP contribution is -2.38. The second-order valence-electron chi connectivity index (χ2n) is 9.98. The van der Waals surface area contributed by atoms with Crippen LogP contribution in [0.2, 0.25) is 0 Å². The summed E-state index contributed by atoms with van der Waals surface area (Å²) in [4.78, 5) is 16.3. The van der Waals surface area contributed by atoms with Crippen molar-refractivity contribution < 1.29 is 9.53 Å². The Morgan fingerprint density at radius 1 is 1.09 bits per heavy atom. The predicted molar refractivity (Wildman–Crippen MR) is 145 cm³/mol. The molecule has 1 fully saturated rings.